The molecule has 6 nitrogen and oxygen atoms in total. The van der Waals surface area contributed by atoms with E-state index in [2.05, 4.69) is 0 Å². The third-order valence-electron chi connectivity index (χ3n) is 3.92. The molecule has 2 atom stereocenters. The fourth-order valence-corrected chi connectivity index (χ4v) is 4.23. The molecular weight excluding hydrogens is 292 g/mol. The van der Waals surface area contributed by atoms with Crippen LogP contribution in [0.5, 0.6) is 5.75 Å². The van der Waals surface area contributed by atoms with Gasteiger partial charge in [0, 0.05) is 20.2 Å². The molecule has 0 amide bonds. The highest BCUT2D eigenvalue weighted by Crippen LogP contribution is 2.30. The zero-order chi connectivity index (χ0) is 15.6. The summed E-state index contributed by atoms with van der Waals surface area (Å²) in [6, 6.07) is 4.81. The summed E-state index contributed by atoms with van der Waals surface area (Å²) in [7, 11) is -0.619. The number of sulfonamides is 1. The first-order valence-electron chi connectivity index (χ1n) is 6.88. The van der Waals surface area contributed by atoms with Crippen molar-refractivity contribution in [1.29, 1.82) is 0 Å². The van der Waals surface area contributed by atoms with Crippen LogP contribution in [-0.2, 0) is 21.3 Å². The number of nitrogens with zero attached hydrogens (tertiary/aromatic N) is 1. The lowest BCUT2D eigenvalue weighted by Crippen LogP contribution is -2.41. The molecule has 0 aliphatic carbocycles. The molecule has 2 N–H and O–H groups in total. The van der Waals surface area contributed by atoms with Crippen LogP contribution < -0.4 is 10.5 Å². The Bertz CT molecular complexity index is 603. The highest BCUT2D eigenvalue weighted by atomic mass is 32.2. The lowest BCUT2D eigenvalue weighted by atomic mass is 10.2. The summed E-state index contributed by atoms with van der Waals surface area (Å²) >= 11 is 0. The highest BCUT2D eigenvalue weighted by molar-refractivity contribution is 7.89. The van der Waals surface area contributed by atoms with Crippen molar-refractivity contribution in [3.05, 3.63) is 23.8 Å². The minimum absolute atomic E-state index is 0.117. The van der Waals surface area contributed by atoms with Crippen molar-refractivity contribution in [2.75, 3.05) is 20.8 Å². The number of likely N-dealkylation sites (N-methyl/N-ethyl adjacent to an activating group) is 1. The van der Waals surface area contributed by atoms with E-state index in [9.17, 15) is 8.42 Å². The van der Waals surface area contributed by atoms with E-state index in [1.807, 2.05) is 6.92 Å². The summed E-state index contributed by atoms with van der Waals surface area (Å²) in [4.78, 5) is 0.148. The van der Waals surface area contributed by atoms with Crippen LogP contribution in [0.1, 0.15) is 18.9 Å². The Morgan fingerprint density at radius 1 is 1.48 bits per heavy atom. The Balaban J connectivity index is 2.43. The Hall–Kier alpha value is -1.15. The first kappa shape index (κ1) is 16.2. The van der Waals surface area contributed by atoms with E-state index < -0.39 is 10.0 Å². The van der Waals surface area contributed by atoms with Crippen molar-refractivity contribution in [3.8, 4) is 5.75 Å². The molecule has 2 unspecified atom stereocenters. The third-order valence-corrected chi connectivity index (χ3v) is 5.83. The third kappa shape index (κ3) is 3.06. The largest absolute Gasteiger partial charge is 0.495 e. The van der Waals surface area contributed by atoms with Crippen molar-refractivity contribution < 1.29 is 17.9 Å². The quantitative estimate of drug-likeness (QED) is 0.875. The second kappa shape index (κ2) is 6.31. The number of benzene rings is 1. The highest BCUT2D eigenvalue weighted by Gasteiger charge is 2.36. The van der Waals surface area contributed by atoms with Crippen LogP contribution in [0.4, 0.5) is 0 Å². The molecule has 0 spiro atoms. The van der Waals surface area contributed by atoms with E-state index in [1.165, 1.54) is 11.4 Å². The molecule has 1 aliphatic heterocycles. The maximum absolute atomic E-state index is 12.9. The average Bonchev–Trinajstić information content (AvgIpc) is 2.91. The Morgan fingerprint density at radius 3 is 2.71 bits per heavy atom. The summed E-state index contributed by atoms with van der Waals surface area (Å²) in [5.41, 5.74) is 6.35. The Morgan fingerprint density at radius 2 is 2.19 bits per heavy atom. The maximum Gasteiger partial charge on any atom is 0.246 e. The molecule has 0 saturated carbocycles. The number of ether oxygens (including phenoxy) is 2. The lowest BCUT2D eigenvalue weighted by Gasteiger charge is -2.26. The van der Waals surface area contributed by atoms with Gasteiger partial charge in [-0.15, -0.1) is 0 Å². The van der Waals surface area contributed by atoms with Gasteiger partial charge >= 0.3 is 0 Å². The molecule has 1 aliphatic rings. The average molecular weight is 314 g/mol. The topological polar surface area (TPSA) is 81.9 Å². The molecule has 21 heavy (non-hydrogen) atoms. The van der Waals surface area contributed by atoms with Crippen LogP contribution in [0.2, 0.25) is 0 Å². The zero-order valence-corrected chi connectivity index (χ0v) is 13.4. The van der Waals surface area contributed by atoms with Gasteiger partial charge in [0.2, 0.25) is 10.0 Å². The first-order valence-corrected chi connectivity index (χ1v) is 8.32. The fourth-order valence-electron chi connectivity index (χ4n) is 2.58. The van der Waals surface area contributed by atoms with Gasteiger partial charge in [-0.1, -0.05) is 6.07 Å². The van der Waals surface area contributed by atoms with Gasteiger partial charge in [-0.2, -0.15) is 4.31 Å². The molecule has 0 aromatic heterocycles. The van der Waals surface area contributed by atoms with E-state index >= 15 is 0 Å². The van der Waals surface area contributed by atoms with Crippen LogP contribution in [0.3, 0.4) is 0 Å². The minimum Gasteiger partial charge on any atom is -0.495 e. The van der Waals surface area contributed by atoms with Crippen molar-refractivity contribution in [1.82, 2.24) is 4.31 Å². The SMILES string of the molecule is COc1ccc(CN)cc1S(=O)(=O)N(C)C1CCOC1C. The second-order valence-electron chi connectivity index (χ2n) is 5.14. The number of rotatable bonds is 5. The van der Waals surface area contributed by atoms with Crippen LogP contribution in [0.15, 0.2) is 23.1 Å². The predicted molar refractivity (Wildman–Crippen MR) is 79.7 cm³/mol. The van der Waals surface area contributed by atoms with E-state index in [-0.39, 0.29) is 23.6 Å². The molecular formula is C14H22N2O4S. The summed E-state index contributed by atoms with van der Waals surface area (Å²) in [6.07, 6.45) is 0.573. The van der Waals surface area contributed by atoms with Crippen molar-refractivity contribution in [2.45, 2.75) is 36.9 Å². The monoisotopic (exact) mass is 314 g/mol. The number of nitrogens with two attached hydrogens (primary N) is 1. The fraction of sp³-hybridized carbons (Fsp3) is 0.571. The van der Waals surface area contributed by atoms with Gasteiger partial charge in [0.05, 0.1) is 19.3 Å². The molecule has 1 aromatic rings. The first-order chi connectivity index (χ1) is 9.91. The van der Waals surface area contributed by atoms with E-state index in [0.29, 0.717) is 18.8 Å². The van der Waals surface area contributed by atoms with E-state index in [1.54, 1.807) is 25.2 Å². The molecule has 1 heterocycles. The molecule has 2 rings (SSSR count). The lowest BCUT2D eigenvalue weighted by molar-refractivity contribution is 0.102. The van der Waals surface area contributed by atoms with Crippen LogP contribution >= 0.6 is 0 Å². The maximum atomic E-state index is 12.9. The normalized spacial score (nSPS) is 22.7. The van der Waals surface area contributed by atoms with Crippen molar-refractivity contribution in [2.24, 2.45) is 5.73 Å². The Labute approximate surface area is 125 Å². The predicted octanol–water partition coefficient (Wildman–Crippen LogP) is 0.952. The minimum atomic E-state index is -3.66. The van der Waals surface area contributed by atoms with Crippen LogP contribution in [0.25, 0.3) is 0 Å². The zero-order valence-electron chi connectivity index (χ0n) is 12.6. The molecule has 7 heteroatoms. The van der Waals surface area contributed by atoms with Crippen molar-refractivity contribution in [3.63, 3.8) is 0 Å². The molecule has 1 fully saturated rings. The number of hydrogen-bond donors (Lipinski definition) is 1. The smallest absolute Gasteiger partial charge is 0.246 e. The molecule has 118 valence electrons. The summed E-state index contributed by atoms with van der Waals surface area (Å²) in [5, 5.41) is 0. The summed E-state index contributed by atoms with van der Waals surface area (Å²) < 4.78 is 37.8. The molecule has 1 aromatic carbocycles. The van der Waals surface area contributed by atoms with Crippen LogP contribution in [0, 0.1) is 0 Å². The summed E-state index contributed by atoms with van der Waals surface area (Å²) in [5.74, 6) is 0.325. The Kier molecular flexibility index (Phi) is 4.88. The molecule has 1 saturated heterocycles. The van der Waals surface area contributed by atoms with Crippen LogP contribution in [-0.4, -0.2) is 45.6 Å². The van der Waals surface area contributed by atoms with Crippen molar-refractivity contribution >= 4 is 10.0 Å². The summed E-state index contributed by atoms with van der Waals surface area (Å²) in [6.45, 7) is 2.74. The van der Waals surface area contributed by atoms with Gasteiger partial charge in [-0.25, -0.2) is 8.42 Å². The molecule has 0 radical (unpaired) electrons. The van der Waals surface area contributed by atoms with E-state index in [0.717, 1.165) is 5.56 Å². The van der Waals surface area contributed by atoms with Gasteiger partial charge in [0.15, 0.2) is 0 Å². The number of hydrogen-bond acceptors (Lipinski definition) is 5. The van der Waals surface area contributed by atoms with Gasteiger partial charge < -0.3 is 15.2 Å². The van der Waals surface area contributed by atoms with Gasteiger partial charge in [-0.3, -0.25) is 0 Å². The second-order valence-corrected chi connectivity index (χ2v) is 7.11. The van der Waals surface area contributed by atoms with E-state index in [4.69, 9.17) is 15.2 Å². The van der Waals surface area contributed by atoms with Gasteiger partial charge in [0.25, 0.3) is 0 Å². The van der Waals surface area contributed by atoms with Gasteiger partial charge in [-0.05, 0) is 31.0 Å². The standard InChI is InChI=1S/C14H22N2O4S/c1-10-12(6-7-20-10)16(2)21(17,18)14-8-11(9-15)4-5-13(14)19-3/h4-5,8,10,12H,6-7,9,15H2,1-3H3. The molecule has 0 bridgehead atoms. The number of methoxy groups -OCH3 is 1. The van der Waals surface area contributed by atoms with Gasteiger partial charge in [0.1, 0.15) is 10.6 Å².